The minimum Gasteiger partial charge on any atom is -0.325 e. The normalized spacial score (nSPS) is 16.0. The van der Waals surface area contributed by atoms with Gasteiger partial charge in [-0.1, -0.05) is 48.2 Å². The standard InChI is InChI=1S/C27H27N3OS/c1-17-11-18(2)13-24(12-17)29-26(31)19(3)32-27-23(16-28)15-22-14-21(9-10-25(22)30-27)20-7-5-4-6-8-20/h4-8,11-13,15,19,21H,9-10,14H2,1-3H3,(H,29,31). The Morgan fingerprint density at radius 3 is 2.56 bits per heavy atom. The Kier molecular flexibility index (Phi) is 6.62. The first-order valence-electron chi connectivity index (χ1n) is 11.0. The third-order valence-electron chi connectivity index (χ3n) is 5.89. The highest BCUT2D eigenvalue weighted by Crippen LogP contribution is 2.35. The predicted molar refractivity (Wildman–Crippen MR) is 130 cm³/mol. The van der Waals surface area contributed by atoms with Crippen LogP contribution in [0.2, 0.25) is 0 Å². The van der Waals surface area contributed by atoms with Gasteiger partial charge in [-0.3, -0.25) is 4.79 Å². The summed E-state index contributed by atoms with van der Waals surface area (Å²) in [4.78, 5) is 17.6. The number of thioether (sulfide) groups is 1. The van der Waals surface area contributed by atoms with E-state index in [0.717, 1.165) is 47.3 Å². The van der Waals surface area contributed by atoms with Gasteiger partial charge < -0.3 is 5.32 Å². The van der Waals surface area contributed by atoms with E-state index in [1.54, 1.807) is 0 Å². The van der Waals surface area contributed by atoms with E-state index in [-0.39, 0.29) is 11.2 Å². The van der Waals surface area contributed by atoms with Crippen LogP contribution in [0.3, 0.4) is 0 Å². The molecule has 32 heavy (non-hydrogen) atoms. The highest BCUT2D eigenvalue weighted by atomic mass is 32.2. The number of fused-ring (bicyclic) bond motifs is 1. The zero-order valence-electron chi connectivity index (χ0n) is 18.7. The Labute approximate surface area is 194 Å². The maximum Gasteiger partial charge on any atom is 0.237 e. The lowest BCUT2D eigenvalue weighted by Gasteiger charge is -2.25. The van der Waals surface area contributed by atoms with Crippen molar-refractivity contribution in [1.82, 2.24) is 4.98 Å². The van der Waals surface area contributed by atoms with Gasteiger partial charge in [-0.2, -0.15) is 5.26 Å². The molecule has 1 aliphatic carbocycles. The van der Waals surface area contributed by atoms with Crippen LogP contribution in [0.1, 0.15) is 52.8 Å². The number of nitriles is 1. The van der Waals surface area contributed by atoms with E-state index in [2.05, 4.69) is 41.7 Å². The van der Waals surface area contributed by atoms with Gasteiger partial charge in [0.05, 0.1) is 10.8 Å². The van der Waals surface area contributed by atoms with E-state index in [4.69, 9.17) is 4.98 Å². The van der Waals surface area contributed by atoms with Crippen molar-refractivity contribution in [2.45, 2.75) is 56.2 Å². The number of pyridine rings is 1. The largest absolute Gasteiger partial charge is 0.325 e. The average molecular weight is 442 g/mol. The number of carbonyl (C=O) groups is 1. The molecule has 5 heteroatoms. The Morgan fingerprint density at radius 2 is 1.88 bits per heavy atom. The van der Waals surface area contributed by atoms with Crippen LogP contribution >= 0.6 is 11.8 Å². The number of hydrogen-bond donors (Lipinski definition) is 1. The lowest BCUT2D eigenvalue weighted by atomic mass is 9.82. The van der Waals surface area contributed by atoms with E-state index in [1.165, 1.54) is 17.3 Å². The number of nitrogens with zero attached hydrogens (tertiary/aromatic N) is 2. The van der Waals surface area contributed by atoms with Gasteiger partial charge in [-0.25, -0.2) is 4.98 Å². The fourth-order valence-corrected chi connectivity index (χ4v) is 5.23. The molecule has 1 aliphatic rings. The zero-order chi connectivity index (χ0) is 22.7. The Bertz CT molecular complexity index is 1160. The van der Waals surface area contributed by atoms with E-state index >= 15 is 0 Å². The summed E-state index contributed by atoms with van der Waals surface area (Å²) in [6.45, 7) is 5.88. The molecule has 0 saturated heterocycles. The number of aryl methyl sites for hydroxylation is 3. The molecule has 162 valence electrons. The first kappa shape index (κ1) is 22.1. The molecule has 4 rings (SSSR count). The highest BCUT2D eigenvalue weighted by molar-refractivity contribution is 8.00. The fraction of sp³-hybridized carbons (Fsp3) is 0.296. The van der Waals surface area contributed by atoms with Crippen molar-refractivity contribution in [3.05, 3.63) is 88.1 Å². The number of rotatable bonds is 5. The van der Waals surface area contributed by atoms with Gasteiger partial charge in [0.15, 0.2) is 0 Å². The van der Waals surface area contributed by atoms with E-state index in [9.17, 15) is 10.1 Å². The summed E-state index contributed by atoms with van der Waals surface area (Å²) < 4.78 is 0. The van der Waals surface area contributed by atoms with Crippen molar-refractivity contribution in [1.29, 1.82) is 5.26 Å². The zero-order valence-corrected chi connectivity index (χ0v) is 19.5. The number of anilines is 1. The van der Waals surface area contributed by atoms with Crippen LogP contribution < -0.4 is 5.32 Å². The second-order valence-corrected chi connectivity index (χ2v) is 9.86. The van der Waals surface area contributed by atoms with E-state index < -0.39 is 0 Å². The summed E-state index contributed by atoms with van der Waals surface area (Å²) >= 11 is 1.35. The summed E-state index contributed by atoms with van der Waals surface area (Å²) in [5.41, 5.74) is 7.11. The molecule has 0 fully saturated rings. The molecule has 4 nitrogen and oxygen atoms in total. The molecule has 1 heterocycles. The molecule has 0 spiro atoms. The van der Waals surface area contributed by atoms with Gasteiger partial charge in [-0.15, -0.1) is 0 Å². The van der Waals surface area contributed by atoms with Gasteiger partial charge in [0.1, 0.15) is 11.1 Å². The minimum atomic E-state index is -0.367. The second-order valence-electron chi connectivity index (χ2n) is 8.53. The molecule has 2 aromatic carbocycles. The number of carbonyl (C=O) groups excluding carboxylic acids is 1. The van der Waals surface area contributed by atoms with Crippen molar-refractivity contribution in [2.75, 3.05) is 5.32 Å². The summed E-state index contributed by atoms with van der Waals surface area (Å²) in [6, 6.07) is 20.8. The minimum absolute atomic E-state index is 0.0902. The molecular formula is C27H27N3OS. The van der Waals surface area contributed by atoms with E-state index in [1.807, 2.05) is 45.0 Å². The summed E-state index contributed by atoms with van der Waals surface area (Å²) in [5.74, 6) is 0.366. The molecular weight excluding hydrogens is 414 g/mol. The molecule has 1 amide bonds. The lowest BCUT2D eigenvalue weighted by Crippen LogP contribution is -2.23. The van der Waals surface area contributed by atoms with Crippen molar-refractivity contribution in [2.24, 2.45) is 0 Å². The van der Waals surface area contributed by atoms with Gasteiger partial charge >= 0.3 is 0 Å². The molecule has 0 bridgehead atoms. The van der Waals surface area contributed by atoms with Gasteiger partial charge in [0.2, 0.25) is 5.91 Å². The number of amides is 1. The number of hydrogen-bond acceptors (Lipinski definition) is 4. The highest BCUT2D eigenvalue weighted by Gasteiger charge is 2.25. The number of benzene rings is 2. The SMILES string of the molecule is Cc1cc(C)cc(NC(=O)C(C)Sc2nc3c(cc2C#N)CC(c2ccccc2)CC3)c1. The molecule has 2 atom stereocenters. The first-order valence-corrected chi connectivity index (χ1v) is 11.8. The monoisotopic (exact) mass is 441 g/mol. The molecule has 1 N–H and O–H groups in total. The van der Waals surface area contributed by atoms with Crippen LogP contribution in [0, 0.1) is 25.2 Å². The Balaban J connectivity index is 1.49. The maximum atomic E-state index is 12.8. The summed E-state index contributed by atoms with van der Waals surface area (Å²) in [6.07, 6.45) is 2.83. The van der Waals surface area contributed by atoms with E-state index in [0.29, 0.717) is 16.5 Å². The second kappa shape index (κ2) is 9.58. The molecule has 1 aromatic heterocycles. The molecule has 3 aromatic rings. The van der Waals surface area contributed by atoms with Crippen LogP contribution in [0.15, 0.2) is 59.6 Å². The van der Waals surface area contributed by atoms with Crippen molar-refractivity contribution < 1.29 is 4.79 Å². The topological polar surface area (TPSA) is 65.8 Å². The van der Waals surface area contributed by atoms with Crippen molar-refractivity contribution in [3.63, 3.8) is 0 Å². The van der Waals surface area contributed by atoms with Crippen LogP contribution in [0.5, 0.6) is 0 Å². The third-order valence-corrected chi connectivity index (χ3v) is 6.99. The van der Waals surface area contributed by atoms with Crippen molar-refractivity contribution in [3.8, 4) is 6.07 Å². The maximum absolute atomic E-state index is 12.8. The smallest absolute Gasteiger partial charge is 0.237 e. The summed E-state index contributed by atoms with van der Waals surface area (Å²) in [5, 5.41) is 13.0. The number of aromatic nitrogens is 1. The quantitative estimate of drug-likeness (QED) is 0.496. The summed E-state index contributed by atoms with van der Waals surface area (Å²) in [7, 11) is 0. The lowest BCUT2D eigenvalue weighted by molar-refractivity contribution is -0.115. The van der Waals surface area contributed by atoms with Gasteiger partial charge in [0, 0.05) is 11.4 Å². The van der Waals surface area contributed by atoms with Crippen LogP contribution in [0.25, 0.3) is 0 Å². The van der Waals surface area contributed by atoms with Gasteiger partial charge in [-0.05, 0) is 86.4 Å². The predicted octanol–water partition coefficient (Wildman–Crippen LogP) is 5.96. The third kappa shape index (κ3) is 5.03. The Hall–Kier alpha value is -3.10. The van der Waals surface area contributed by atoms with Crippen LogP contribution in [0.4, 0.5) is 5.69 Å². The van der Waals surface area contributed by atoms with Crippen LogP contribution in [-0.2, 0) is 17.6 Å². The van der Waals surface area contributed by atoms with Crippen LogP contribution in [-0.4, -0.2) is 16.1 Å². The van der Waals surface area contributed by atoms with Crippen molar-refractivity contribution >= 4 is 23.4 Å². The van der Waals surface area contributed by atoms with Gasteiger partial charge in [0.25, 0.3) is 0 Å². The average Bonchev–Trinajstić information content (AvgIpc) is 2.78. The molecule has 0 aliphatic heterocycles. The Morgan fingerprint density at radius 1 is 1.16 bits per heavy atom. The first-order chi connectivity index (χ1) is 15.4. The molecule has 2 unspecified atom stereocenters. The fourth-order valence-electron chi connectivity index (χ4n) is 4.34. The molecule has 0 radical (unpaired) electrons. The number of nitrogens with one attached hydrogen (secondary N) is 1. The molecule has 0 saturated carbocycles.